The van der Waals surface area contributed by atoms with Gasteiger partial charge in [-0.2, -0.15) is 5.10 Å². The van der Waals surface area contributed by atoms with E-state index in [1.54, 1.807) is 11.7 Å². The second kappa shape index (κ2) is 6.07. The van der Waals surface area contributed by atoms with Gasteiger partial charge in [-0.3, -0.25) is 4.68 Å². The first-order valence-electron chi connectivity index (χ1n) is 6.22. The predicted octanol–water partition coefficient (Wildman–Crippen LogP) is 2.62. The van der Waals surface area contributed by atoms with Gasteiger partial charge in [0.05, 0.1) is 11.9 Å². The largest absolute Gasteiger partial charge is 0.478 e. The Morgan fingerprint density at radius 3 is 2.85 bits per heavy atom. The zero-order valence-corrected chi connectivity index (χ0v) is 12.1. The maximum Gasteiger partial charge on any atom is 0.339 e. The van der Waals surface area contributed by atoms with Gasteiger partial charge in [0.25, 0.3) is 0 Å². The SMILES string of the molecule is CC(NCc1c(C(=O)O)cnn1C)c1ccccc1Cl. The van der Waals surface area contributed by atoms with Crippen LogP contribution < -0.4 is 5.32 Å². The number of hydrogen-bond acceptors (Lipinski definition) is 3. The van der Waals surface area contributed by atoms with Crippen molar-refractivity contribution in [3.8, 4) is 0 Å². The lowest BCUT2D eigenvalue weighted by Gasteiger charge is -2.16. The van der Waals surface area contributed by atoms with E-state index in [2.05, 4.69) is 10.4 Å². The fourth-order valence-electron chi connectivity index (χ4n) is 2.04. The summed E-state index contributed by atoms with van der Waals surface area (Å²) >= 11 is 6.14. The van der Waals surface area contributed by atoms with E-state index in [0.717, 1.165) is 5.56 Å². The molecule has 1 heterocycles. The molecule has 0 bridgehead atoms. The second-order valence-electron chi connectivity index (χ2n) is 4.56. The number of hydrogen-bond donors (Lipinski definition) is 2. The molecule has 1 aromatic carbocycles. The van der Waals surface area contributed by atoms with E-state index in [9.17, 15) is 4.79 Å². The van der Waals surface area contributed by atoms with Crippen LogP contribution in [0.1, 0.15) is 34.6 Å². The molecule has 2 rings (SSSR count). The molecule has 0 aliphatic heterocycles. The minimum absolute atomic E-state index is 0.0141. The summed E-state index contributed by atoms with van der Waals surface area (Å²) in [4.78, 5) is 11.1. The van der Waals surface area contributed by atoms with Crippen molar-refractivity contribution in [2.24, 2.45) is 7.05 Å². The number of carbonyl (C=O) groups is 1. The minimum atomic E-state index is -0.972. The Labute approximate surface area is 122 Å². The Kier molecular flexibility index (Phi) is 4.42. The number of nitrogens with one attached hydrogen (secondary N) is 1. The van der Waals surface area contributed by atoms with Crippen LogP contribution in [0.15, 0.2) is 30.5 Å². The monoisotopic (exact) mass is 293 g/mol. The maximum absolute atomic E-state index is 11.1. The number of rotatable bonds is 5. The standard InChI is InChI=1S/C14H16ClN3O2/c1-9(10-5-3-4-6-12(10)15)16-8-13-11(14(19)20)7-17-18(13)2/h3-7,9,16H,8H2,1-2H3,(H,19,20). The van der Waals surface area contributed by atoms with E-state index >= 15 is 0 Å². The van der Waals surface area contributed by atoms with E-state index in [-0.39, 0.29) is 11.6 Å². The van der Waals surface area contributed by atoms with Gasteiger partial charge in [-0.05, 0) is 18.6 Å². The highest BCUT2D eigenvalue weighted by molar-refractivity contribution is 6.31. The third-order valence-corrected chi connectivity index (χ3v) is 3.58. The number of benzene rings is 1. The normalized spacial score (nSPS) is 12.3. The molecular formula is C14H16ClN3O2. The van der Waals surface area contributed by atoms with Crippen LogP contribution >= 0.6 is 11.6 Å². The molecule has 20 heavy (non-hydrogen) atoms. The molecular weight excluding hydrogens is 278 g/mol. The van der Waals surface area contributed by atoms with Crippen molar-refractivity contribution in [1.29, 1.82) is 0 Å². The summed E-state index contributed by atoms with van der Waals surface area (Å²) in [7, 11) is 1.73. The first-order chi connectivity index (χ1) is 9.50. The van der Waals surface area contributed by atoms with E-state index < -0.39 is 5.97 Å². The van der Waals surface area contributed by atoms with Gasteiger partial charge >= 0.3 is 5.97 Å². The summed E-state index contributed by atoms with van der Waals surface area (Å²) < 4.78 is 1.57. The van der Waals surface area contributed by atoms with Crippen LogP contribution in [0.25, 0.3) is 0 Å². The lowest BCUT2D eigenvalue weighted by Crippen LogP contribution is -2.21. The molecule has 2 aromatic rings. The molecule has 1 atom stereocenters. The molecule has 0 saturated carbocycles. The first kappa shape index (κ1) is 14.6. The van der Waals surface area contributed by atoms with Gasteiger partial charge in [0.2, 0.25) is 0 Å². The molecule has 1 aromatic heterocycles. The lowest BCUT2D eigenvalue weighted by atomic mass is 10.1. The van der Waals surface area contributed by atoms with Crippen LogP contribution in [0, 0.1) is 0 Å². The molecule has 6 heteroatoms. The smallest absolute Gasteiger partial charge is 0.339 e. The predicted molar refractivity (Wildman–Crippen MR) is 76.9 cm³/mol. The average Bonchev–Trinajstić information content (AvgIpc) is 2.78. The van der Waals surface area contributed by atoms with Crippen LogP contribution in [0.5, 0.6) is 0 Å². The summed E-state index contributed by atoms with van der Waals surface area (Å²) in [5.74, 6) is -0.972. The van der Waals surface area contributed by atoms with E-state index in [1.807, 2.05) is 31.2 Å². The van der Waals surface area contributed by atoms with Gasteiger partial charge in [-0.15, -0.1) is 0 Å². The van der Waals surface area contributed by atoms with E-state index in [4.69, 9.17) is 16.7 Å². The maximum atomic E-state index is 11.1. The molecule has 106 valence electrons. The first-order valence-corrected chi connectivity index (χ1v) is 6.60. The third-order valence-electron chi connectivity index (χ3n) is 3.24. The van der Waals surface area contributed by atoms with Gasteiger partial charge in [-0.25, -0.2) is 4.79 Å². The van der Waals surface area contributed by atoms with E-state index in [0.29, 0.717) is 17.3 Å². The van der Waals surface area contributed by atoms with Crippen LogP contribution in [0.2, 0.25) is 5.02 Å². The van der Waals surface area contributed by atoms with Gasteiger partial charge in [0.15, 0.2) is 0 Å². The Bertz CT molecular complexity index is 625. The molecule has 0 amide bonds. The fraction of sp³-hybridized carbons (Fsp3) is 0.286. The Balaban J connectivity index is 2.11. The highest BCUT2D eigenvalue weighted by atomic mass is 35.5. The number of carboxylic acid groups (broad SMARTS) is 1. The van der Waals surface area contributed by atoms with Crippen LogP contribution in [0.4, 0.5) is 0 Å². The zero-order chi connectivity index (χ0) is 14.7. The van der Waals surface area contributed by atoms with Crippen LogP contribution in [-0.4, -0.2) is 20.9 Å². The van der Waals surface area contributed by atoms with Gasteiger partial charge in [0, 0.05) is 24.7 Å². The van der Waals surface area contributed by atoms with Crippen molar-refractivity contribution in [3.05, 3.63) is 52.3 Å². The van der Waals surface area contributed by atoms with Crippen molar-refractivity contribution in [2.45, 2.75) is 19.5 Å². The van der Waals surface area contributed by atoms with Crippen molar-refractivity contribution in [3.63, 3.8) is 0 Å². The summed E-state index contributed by atoms with van der Waals surface area (Å²) in [6.07, 6.45) is 1.36. The molecule has 2 N–H and O–H groups in total. The highest BCUT2D eigenvalue weighted by Gasteiger charge is 2.16. The lowest BCUT2D eigenvalue weighted by molar-refractivity contribution is 0.0695. The quantitative estimate of drug-likeness (QED) is 0.889. The molecule has 0 saturated heterocycles. The number of carboxylic acids is 1. The molecule has 1 unspecified atom stereocenters. The summed E-state index contributed by atoms with van der Waals surface area (Å²) in [5, 5.41) is 17.0. The summed E-state index contributed by atoms with van der Waals surface area (Å²) in [5.41, 5.74) is 1.83. The van der Waals surface area contributed by atoms with Crippen molar-refractivity contribution in [2.75, 3.05) is 0 Å². The van der Waals surface area contributed by atoms with Gasteiger partial charge < -0.3 is 10.4 Å². The molecule has 5 nitrogen and oxygen atoms in total. The van der Waals surface area contributed by atoms with Gasteiger partial charge in [0.1, 0.15) is 5.56 Å². The van der Waals surface area contributed by atoms with Crippen molar-refractivity contribution < 1.29 is 9.90 Å². The number of halogens is 1. The van der Waals surface area contributed by atoms with Crippen molar-refractivity contribution >= 4 is 17.6 Å². The Hall–Kier alpha value is -1.85. The topological polar surface area (TPSA) is 67.2 Å². The Morgan fingerprint density at radius 1 is 1.50 bits per heavy atom. The summed E-state index contributed by atoms with van der Waals surface area (Å²) in [6.45, 7) is 2.39. The average molecular weight is 294 g/mol. The van der Waals surface area contributed by atoms with E-state index in [1.165, 1.54) is 6.20 Å². The number of nitrogens with zero attached hydrogens (tertiary/aromatic N) is 2. The number of aryl methyl sites for hydroxylation is 1. The number of aromatic carboxylic acids is 1. The Morgan fingerprint density at radius 2 is 2.20 bits per heavy atom. The minimum Gasteiger partial charge on any atom is -0.478 e. The molecule has 0 radical (unpaired) electrons. The molecule has 0 aliphatic rings. The zero-order valence-electron chi connectivity index (χ0n) is 11.3. The number of aromatic nitrogens is 2. The third kappa shape index (κ3) is 3.00. The molecule has 0 spiro atoms. The van der Waals surface area contributed by atoms with Crippen molar-refractivity contribution in [1.82, 2.24) is 15.1 Å². The van der Waals surface area contributed by atoms with Crippen LogP contribution in [0.3, 0.4) is 0 Å². The molecule has 0 fully saturated rings. The fourth-order valence-corrected chi connectivity index (χ4v) is 2.34. The van der Waals surface area contributed by atoms with Gasteiger partial charge in [-0.1, -0.05) is 29.8 Å². The molecule has 0 aliphatic carbocycles. The van der Waals surface area contributed by atoms with Crippen LogP contribution in [-0.2, 0) is 13.6 Å². The second-order valence-corrected chi connectivity index (χ2v) is 4.96. The highest BCUT2D eigenvalue weighted by Crippen LogP contribution is 2.22. The summed E-state index contributed by atoms with van der Waals surface area (Å²) in [6, 6.07) is 7.59.